The molecule has 0 saturated heterocycles. The Morgan fingerprint density at radius 1 is 0.438 bits per heavy atom. The van der Waals surface area contributed by atoms with Crippen molar-refractivity contribution in [1.82, 2.24) is 10.6 Å². The van der Waals surface area contributed by atoms with Gasteiger partial charge in [0.1, 0.15) is 13.1 Å². The molecular weight excluding hydrogens is 728 g/mol. The summed E-state index contributed by atoms with van der Waals surface area (Å²) in [4.78, 5) is 24.7. The molecule has 2 amide bonds. The molecule has 2 N–H and O–H groups in total. The second-order valence-corrected chi connectivity index (χ2v) is 13.2. The predicted octanol–water partition coefficient (Wildman–Crippen LogP) is 3.05. The zero-order valence-electron chi connectivity index (χ0n) is 30.5. The van der Waals surface area contributed by atoms with Crippen LogP contribution in [-0.2, 0) is 13.1 Å². The molecule has 6 nitrogen and oxygen atoms in total. The van der Waals surface area contributed by atoms with E-state index < -0.39 is 0 Å². The van der Waals surface area contributed by atoms with Crippen LogP contribution in [0.1, 0.15) is 176 Å². The second-order valence-electron chi connectivity index (χ2n) is 13.2. The van der Waals surface area contributed by atoms with Gasteiger partial charge in [-0.25, -0.2) is 9.13 Å². The van der Waals surface area contributed by atoms with Crippen molar-refractivity contribution in [2.24, 2.45) is 0 Å². The number of amides is 2. The summed E-state index contributed by atoms with van der Waals surface area (Å²) in [5.41, 5.74) is 1.52. The lowest BCUT2D eigenvalue weighted by Gasteiger charge is -2.05. The Kier molecular flexibility index (Phi) is 31.2. The molecule has 0 fully saturated rings. The predicted molar refractivity (Wildman–Crippen MR) is 191 cm³/mol. The van der Waals surface area contributed by atoms with Crippen LogP contribution in [-0.4, -0.2) is 24.9 Å². The number of nitrogens with one attached hydrogen (secondary N) is 2. The highest BCUT2D eigenvalue weighted by Gasteiger charge is 2.09. The Labute approximate surface area is 315 Å². The number of nitrogens with zero attached hydrogens (tertiary/aromatic N) is 2. The van der Waals surface area contributed by atoms with Crippen molar-refractivity contribution in [1.29, 1.82) is 0 Å². The normalized spacial score (nSPS) is 10.6. The highest BCUT2D eigenvalue weighted by molar-refractivity contribution is 5.94. The Bertz CT molecular complexity index is 951. The van der Waals surface area contributed by atoms with Gasteiger partial charge in [0.05, 0.1) is 11.1 Å². The van der Waals surface area contributed by atoms with Gasteiger partial charge in [-0.15, -0.1) is 0 Å². The second kappa shape index (κ2) is 32.4. The molecule has 2 aromatic rings. The largest absolute Gasteiger partial charge is 1.00 e. The van der Waals surface area contributed by atoms with Gasteiger partial charge in [0, 0.05) is 50.2 Å². The van der Waals surface area contributed by atoms with E-state index in [9.17, 15) is 9.59 Å². The molecule has 2 rings (SSSR count). The highest BCUT2D eigenvalue weighted by atomic mass is 79.9. The van der Waals surface area contributed by atoms with Crippen molar-refractivity contribution < 1.29 is 52.7 Å². The first-order valence-corrected chi connectivity index (χ1v) is 19.2. The van der Waals surface area contributed by atoms with Gasteiger partial charge in [-0.2, -0.15) is 0 Å². The van der Waals surface area contributed by atoms with Crippen molar-refractivity contribution in [3.8, 4) is 0 Å². The summed E-state index contributed by atoms with van der Waals surface area (Å²) < 4.78 is 4.40. The number of hydrogen-bond donors (Lipinski definition) is 2. The number of carbonyl (C=O) groups excluding carboxylic acids is 2. The summed E-state index contributed by atoms with van der Waals surface area (Å²) in [5.74, 6) is 0.0933. The highest BCUT2D eigenvalue weighted by Crippen LogP contribution is 2.11. The van der Waals surface area contributed by atoms with Crippen LogP contribution in [0.15, 0.2) is 49.1 Å². The van der Waals surface area contributed by atoms with E-state index in [2.05, 4.69) is 33.6 Å². The molecule has 8 heteroatoms. The third kappa shape index (κ3) is 23.5. The maximum atomic E-state index is 12.4. The van der Waals surface area contributed by atoms with Crippen LogP contribution in [0.25, 0.3) is 0 Å². The molecule has 2 heterocycles. The zero-order chi connectivity index (χ0) is 32.9. The van der Waals surface area contributed by atoms with Crippen LogP contribution in [0.2, 0.25) is 0 Å². The maximum absolute atomic E-state index is 12.4. The molecule has 0 unspecified atom stereocenters. The Morgan fingerprint density at radius 3 is 1.02 bits per heavy atom. The molecule has 0 radical (unpaired) electrons. The first-order valence-electron chi connectivity index (χ1n) is 19.2. The van der Waals surface area contributed by atoms with Crippen LogP contribution < -0.4 is 53.7 Å². The molecule has 0 aliphatic rings. The number of aromatic nitrogens is 2. The molecular formula is C40H68Br2N4O2. The van der Waals surface area contributed by atoms with E-state index in [1.807, 2.05) is 49.1 Å². The van der Waals surface area contributed by atoms with Gasteiger partial charge in [-0.1, -0.05) is 117 Å². The fourth-order valence-corrected chi connectivity index (χ4v) is 5.94. The molecule has 0 aromatic carbocycles. The third-order valence-electron chi connectivity index (χ3n) is 9.02. The van der Waals surface area contributed by atoms with Gasteiger partial charge in [0.2, 0.25) is 0 Å². The summed E-state index contributed by atoms with van der Waals surface area (Å²) in [6.07, 6.45) is 36.0. The average molecular weight is 797 g/mol. The van der Waals surface area contributed by atoms with E-state index in [-0.39, 0.29) is 45.8 Å². The fraction of sp³-hybridized carbons (Fsp3) is 0.700. The lowest BCUT2D eigenvalue weighted by molar-refractivity contribution is -0.697. The number of carbonyl (C=O) groups is 2. The van der Waals surface area contributed by atoms with E-state index in [0.29, 0.717) is 0 Å². The third-order valence-corrected chi connectivity index (χ3v) is 9.02. The van der Waals surface area contributed by atoms with Crippen molar-refractivity contribution >= 4 is 11.8 Å². The van der Waals surface area contributed by atoms with Crippen molar-refractivity contribution in [2.45, 2.75) is 168 Å². The van der Waals surface area contributed by atoms with E-state index in [1.165, 1.54) is 128 Å². The summed E-state index contributed by atoms with van der Waals surface area (Å²) in [6, 6.07) is 7.79. The van der Waals surface area contributed by atoms with Crippen LogP contribution in [0.3, 0.4) is 0 Å². The van der Waals surface area contributed by atoms with E-state index in [0.717, 1.165) is 50.1 Å². The molecule has 0 aliphatic carbocycles. The minimum absolute atomic E-state index is 0. The first-order chi connectivity index (χ1) is 22.6. The molecule has 0 spiro atoms. The van der Waals surface area contributed by atoms with Gasteiger partial charge in [-0.3, -0.25) is 9.59 Å². The molecule has 48 heavy (non-hydrogen) atoms. The number of hydrogen-bond acceptors (Lipinski definition) is 2. The Balaban J connectivity index is 0.0000110. The molecule has 0 atom stereocenters. The van der Waals surface area contributed by atoms with Gasteiger partial charge >= 0.3 is 0 Å². The average Bonchev–Trinajstić information content (AvgIpc) is 3.08. The number of unbranched alkanes of at least 4 members (excludes halogenated alkanes) is 19. The van der Waals surface area contributed by atoms with Gasteiger partial charge < -0.3 is 44.6 Å². The number of pyridine rings is 2. The molecule has 2 aromatic heterocycles. The lowest BCUT2D eigenvalue weighted by atomic mass is 10.1. The fourth-order valence-electron chi connectivity index (χ4n) is 5.94. The van der Waals surface area contributed by atoms with Crippen molar-refractivity contribution in [2.75, 3.05) is 13.1 Å². The van der Waals surface area contributed by atoms with Crippen LogP contribution in [0.5, 0.6) is 0 Å². The maximum Gasteiger partial charge on any atom is 0.251 e. The SMILES string of the molecule is CCCCCCCCNC(=O)c1cc[n+](CCCCCCCCCCCC[n+]2ccc(C(=O)NCCCCCCCC)cc2)cc1.[Br-].[Br-]. The quantitative estimate of drug-likeness (QED) is 0.0984. The number of aryl methyl sites for hydroxylation is 2. The molecule has 0 saturated carbocycles. The Hall–Kier alpha value is -1.80. The van der Waals surface area contributed by atoms with Gasteiger partial charge in [0.15, 0.2) is 24.8 Å². The lowest BCUT2D eigenvalue weighted by Crippen LogP contribution is -3.00. The number of halogens is 2. The van der Waals surface area contributed by atoms with Crippen molar-refractivity contribution in [3.63, 3.8) is 0 Å². The van der Waals surface area contributed by atoms with Crippen LogP contribution in [0.4, 0.5) is 0 Å². The smallest absolute Gasteiger partial charge is 0.251 e. The van der Waals surface area contributed by atoms with Crippen LogP contribution in [0, 0.1) is 0 Å². The topological polar surface area (TPSA) is 66.0 Å². The molecule has 0 aliphatic heterocycles. The zero-order valence-corrected chi connectivity index (χ0v) is 33.6. The first kappa shape index (κ1) is 46.2. The summed E-state index contributed by atoms with van der Waals surface area (Å²) >= 11 is 0. The minimum atomic E-state index is 0. The van der Waals surface area contributed by atoms with E-state index in [4.69, 9.17) is 0 Å². The number of rotatable bonds is 29. The summed E-state index contributed by atoms with van der Waals surface area (Å²) in [7, 11) is 0. The van der Waals surface area contributed by atoms with Crippen LogP contribution >= 0.6 is 0 Å². The Morgan fingerprint density at radius 2 is 0.708 bits per heavy atom. The van der Waals surface area contributed by atoms with Gasteiger partial charge in [0.25, 0.3) is 11.8 Å². The van der Waals surface area contributed by atoms with Gasteiger partial charge in [-0.05, 0) is 25.7 Å². The minimum Gasteiger partial charge on any atom is -1.00 e. The molecule has 274 valence electrons. The van der Waals surface area contributed by atoms with E-state index in [1.54, 1.807) is 0 Å². The molecule has 0 bridgehead atoms. The standard InChI is InChI=1S/C40H66N4O2.2BrH/c1-3-5-7-9-17-21-29-41-39(45)37-25-33-43(34-26-37)31-23-19-15-13-11-12-14-16-20-24-32-44-35-27-38(28-36-44)40(46)42-30-22-18-10-8-6-4-2;;/h25-28,33-36H,3-24,29-32H2,1-2H3;2*1H. The van der Waals surface area contributed by atoms with Crippen molar-refractivity contribution in [3.05, 3.63) is 60.2 Å². The van der Waals surface area contributed by atoms with E-state index >= 15 is 0 Å². The summed E-state index contributed by atoms with van der Waals surface area (Å²) in [6.45, 7) is 8.06. The summed E-state index contributed by atoms with van der Waals surface area (Å²) in [5, 5.41) is 6.12. The monoisotopic (exact) mass is 794 g/mol.